The summed E-state index contributed by atoms with van der Waals surface area (Å²) in [5.41, 5.74) is 3.99. The smallest absolute Gasteiger partial charge is 0.311 e. The van der Waals surface area contributed by atoms with Gasteiger partial charge in [0.2, 0.25) is 0 Å². The minimum Gasteiger partial charge on any atom is -0.481 e. The molecule has 23 heavy (non-hydrogen) atoms. The first-order chi connectivity index (χ1) is 11.1. The van der Waals surface area contributed by atoms with Crippen molar-refractivity contribution in [1.82, 2.24) is 14.6 Å². The van der Waals surface area contributed by atoms with E-state index in [4.69, 9.17) is 0 Å². The fourth-order valence-electron chi connectivity index (χ4n) is 3.04. The molecule has 3 rings (SSSR count). The monoisotopic (exact) mass is 309 g/mol. The number of fused-ring (bicyclic) bond motifs is 1. The molecule has 0 saturated carbocycles. The standard InChI is InChI=1S/C18H19N3O2/c1-3-7-14(18(22)23)16-12(2)20-15-10-11-19-21(15)17(16)13-8-5-4-6-9-13/h4-6,8-11,14H,3,7H2,1-2H3,(H,22,23). The van der Waals surface area contributed by atoms with Gasteiger partial charge in [0, 0.05) is 22.9 Å². The van der Waals surface area contributed by atoms with Crippen molar-refractivity contribution in [3.05, 3.63) is 53.9 Å². The highest BCUT2D eigenvalue weighted by atomic mass is 16.4. The number of carboxylic acids is 1. The zero-order valence-corrected chi connectivity index (χ0v) is 13.2. The second-order valence-electron chi connectivity index (χ2n) is 5.61. The van der Waals surface area contributed by atoms with Crippen LogP contribution in [0.2, 0.25) is 0 Å². The summed E-state index contributed by atoms with van der Waals surface area (Å²) < 4.78 is 1.74. The number of aryl methyl sites for hydroxylation is 1. The Kier molecular flexibility index (Phi) is 4.10. The third-order valence-corrected chi connectivity index (χ3v) is 4.03. The van der Waals surface area contributed by atoms with Crippen molar-refractivity contribution in [2.45, 2.75) is 32.6 Å². The maximum Gasteiger partial charge on any atom is 0.311 e. The van der Waals surface area contributed by atoms with Gasteiger partial charge >= 0.3 is 5.97 Å². The van der Waals surface area contributed by atoms with Crippen LogP contribution in [-0.2, 0) is 4.79 Å². The molecule has 0 aliphatic heterocycles. The summed E-state index contributed by atoms with van der Waals surface area (Å²) in [7, 11) is 0. The molecular weight excluding hydrogens is 290 g/mol. The van der Waals surface area contributed by atoms with Gasteiger partial charge in [-0.15, -0.1) is 0 Å². The van der Waals surface area contributed by atoms with Crippen molar-refractivity contribution >= 4 is 11.6 Å². The highest BCUT2D eigenvalue weighted by molar-refractivity contribution is 5.81. The molecule has 1 atom stereocenters. The van der Waals surface area contributed by atoms with E-state index >= 15 is 0 Å². The summed E-state index contributed by atoms with van der Waals surface area (Å²) >= 11 is 0. The van der Waals surface area contributed by atoms with Crippen LogP contribution >= 0.6 is 0 Å². The van der Waals surface area contributed by atoms with Gasteiger partial charge in [0.15, 0.2) is 5.65 Å². The fourth-order valence-corrected chi connectivity index (χ4v) is 3.04. The molecule has 0 aliphatic carbocycles. The maximum absolute atomic E-state index is 11.8. The van der Waals surface area contributed by atoms with Gasteiger partial charge in [-0.2, -0.15) is 5.10 Å². The summed E-state index contributed by atoms with van der Waals surface area (Å²) in [5.74, 6) is -1.41. The van der Waals surface area contributed by atoms with E-state index in [0.717, 1.165) is 34.6 Å². The molecule has 118 valence electrons. The number of aromatic nitrogens is 3. The summed E-state index contributed by atoms with van der Waals surface area (Å²) in [4.78, 5) is 16.4. The van der Waals surface area contributed by atoms with E-state index in [1.165, 1.54) is 0 Å². The van der Waals surface area contributed by atoms with Gasteiger partial charge in [0.25, 0.3) is 0 Å². The maximum atomic E-state index is 11.8. The van der Waals surface area contributed by atoms with Crippen LogP contribution in [0.15, 0.2) is 42.6 Å². The number of hydrogen-bond donors (Lipinski definition) is 1. The molecule has 2 heterocycles. The van der Waals surface area contributed by atoms with Crippen LogP contribution in [0.4, 0.5) is 0 Å². The molecule has 0 bridgehead atoms. The highest BCUT2D eigenvalue weighted by Gasteiger charge is 2.27. The average Bonchev–Trinajstić information content (AvgIpc) is 3.00. The van der Waals surface area contributed by atoms with Crippen LogP contribution in [0.1, 0.15) is 36.9 Å². The second kappa shape index (κ2) is 6.20. The second-order valence-corrected chi connectivity index (χ2v) is 5.61. The van der Waals surface area contributed by atoms with Gasteiger partial charge in [-0.1, -0.05) is 43.7 Å². The Morgan fingerprint density at radius 1 is 1.26 bits per heavy atom. The van der Waals surface area contributed by atoms with Gasteiger partial charge in [0.1, 0.15) is 0 Å². The van der Waals surface area contributed by atoms with Crippen molar-refractivity contribution in [2.75, 3.05) is 0 Å². The first-order valence-electron chi connectivity index (χ1n) is 7.76. The lowest BCUT2D eigenvalue weighted by Crippen LogP contribution is -2.17. The van der Waals surface area contributed by atoms with Gasteiger partial charge < -0.3 is 5.11 Å². The molecule has 1 unspecified atom stereocenters. The minimum atomic E-state index is -0.819. The molecule has 0 fully saturated rings. The Balaban J connectivity index is 2.35. The Labute approximate surface area is 134 Å². The van der Waals surface area contributed by atoms with E-state index in [-0.39, 0.29) is 0 Å². The number of rotatable bonds is 5. The summed E-state index contributed by atoms with van der Waals surface area (Å²) in [5, 5.41) is 14.1. The molecule has 0 saturated heterocycles. The molecule has 3 aromatic rings. The third-order valence-electron chi connectivity index (χ3n) is 4.03. The minimum absolute atomic E-state index is 0.574. The highest BCUT2D eigenvalue weighted by Crippen LogP contribution is 2.34. The molecule has 0 spiro atoms. The summed E-state index contributed by atoms with van der Waals surface area (Å²) in [6.45, 7) is 3.87. The van der Waals surface area contributed by atoms with E-state index in [1.807, 2.05) is 50.2 Å². The Hall–Kier alpha value is -2.69. The fraction of sp³-hybridized carbons (Fsp3) is 0.278. The number of nitrogens with zero attached hydrogens (tertiary/aromatic N) is 3. The van der Waals surface area contributed by atoms with Gasteiger partial charge in [-0.3, -0.25) is 4.79 Å². The van der Waals surface area contributed by atoms with E-state index in [9.17, 15) is 9.90 Å². The van der Waals surface area contributed by atoms with Crippen LogP contribution < -0.4 is 0 Å². The zero-order chi connectivity index (χ0) is 16.4. The third kappa shape index (κ3) is 2.70. The first-order valence-corrected chi connectivity index (χ1v) is 7.76. The molecule has 1 aromatic carbocycles. The number of benzene rings is 1. The summed E-state index contributed by atoms with van der Waals surface area (Å²) in [6.07, 6.45) is 3.06. The average molecular weight is 309 g/mol. The van der Waals surface area contributed by atoms with Crippen LogP contribution in [0.25, 0.3) is 16.9 Å². The first kappa shape index (κ1) is 15.2. The lowest BCUT2D eigenvalue weighted by Gasteiger charge is -2.19. The molecule has 0 radical (unpaired) electrons. The van der Waals surface area contributed by atoms with Crippen molar-refractivity contribution < 1.29 is 9.90 Å². The number of carboxylic acid groups (broad SMARTS) is 1. The van der Waals surface area contributed by atoms with Crippen LogP contribution in [0.5, 0.6) is 0 Å². The van der Waals surface area contributed by atoms with Crippen molar-refractivity contribution in [3.63, 3.8) is 0 Å². The lowest BCUT2D eigenvalue weighted by atomic mass is 9.89. The topological polar surface area (TPSA) is 67.5 Å². The van der Waals surface area contributed by atoms with Crippen LogP contribution in [-0.4, -0.2) is 25.7 Å². The normalized spacial score (nSPS) is 12.4. The van der Waals surface area contributed by atoms with E-state index < -0.39 is 11.9 Å². The molecule has 5 nitrogen and oxygen atoms in total. The summed E-state index contributed by atoms with van der Waals surface area (Å²) in [6, 6.07) is 11.6. The predicted molar refractivity (Wildman–Crippen MR) is 88.4 cm³/mol. The Morgan fingerprint density at radius 3 is 2.65 bits per heavy atom. The number of hydrogen-bond acceptors (Lipinski definition) is 3. The zero-order valence-electron chi connectivity index (χ0n) is 13.2. The van der Waals surface area contributed by atoms with E-state index in [1.54, 1.807) is 10.7 Å². The van der Waals surface area contributed by atoms with Crippen molar-refractivity contribution in [1.29, 1.82) is 0 Å². The van der Waals surface area contributed by atoms with Crippen LogP contribution in [0, 0.1) is 6.92 Å². The number of carbonyl (C=O) groups is 1. The lowest BCUT2D eigenvalue weighted by molar-refractivity contribution is -0.139. The van der Waals surface area contributed by atoms with E-state index in [0.29, 0.717) is 6.42 Å². The van der Waals surface area contributed by atoms with Crippen LogP contribution in [0.3, 0.4) is 0 Å². The van der Waals surface area contributed by atoms with Gasteiger partial charge in [0.05, 0.1) is 17.8 Å². The van der Waals surface area contributed by atoms with Gasteiger partial charge in [-0.25, -0.2) is 9.50 Å². The Bertz CT molecular complexity index is 840. The molecular formula is C18H19N3O2. The van der Waals surface area contributed by atoms with Gasteiger partial charge in [-0.05, 0) is 13.3 Å². The molecule has 5 heteroatoms. The number of aliphatic carboxylic acids is 1. The predicted octanol–water partition coefficient (Wildman–Crippen LogP) is 3.67. The Morgan fingerprint density at radius 2 is 2.00 bits per heavy atom. The SMILES string of the molecule is CCCC(C(=O)O)c1c(C)nc2ccnn2c1-c1ccccc1. The molecule has 0 aliphatic rings. The quantitative estimate of drug-likeness (QED) is 0.781. The molecule has 0 amide bonds. The van der Waals surface area contributed by atoms with E-state index in [2.05, 4.69) is 10.1 Å². The van der Waals surface area contributed by atoms with Crippen molar-refractivity contribution in [2.24, 2.45) is 0 Å². The molecule has 2 aromatic heterocycles. The van der Waals surface area contributed by atoms with Crippen molar-refractivity contribution in [3.8, 4) is 11.3 Å². The largest absolute Gasteiger partial charge is 0.481 e. The molecule has 1 N–H and O–H groups in total.